The van der Waals surface area contributed by atoms with E-state index >= 15 is 0 Å². The van der Waals surface area contributed by atoms with Crippen LogP contribution in [0.5, 0.6) is 0 Å². The summed E-state index contributed by atoms with van der Waals surface area (Å²) in [6, 6.07) is 6.99. The molecule has 2 nitrogen and oxygen atoms in total. The third-order valence-corrected chi connectivity index (χ3v) is 3.59. The lowest BCUT2D eigenvalue weighted by Gasteiger charge is -2.18. The quantitative estimate of drug-likeness (QED) is 0.755. The van der Waals surface area contributed by atoms with Crippen LogP contribution in [-0.2, 0) is 16.3 Å². The van der Waals surface area contributed by atoms with Gasteiger partial charge in [0, 0.05) is 11.7 Å². The molecule has 0 aromatic heterocycles. The molecule has 0 amide bonds. The van der Waals surface area contributed by atoms with Crippen LogP contribution in [0.4, 0.5) is 0 Å². The van der Waals surface area contributed by atoms with Gasteiger partial charge >= 0.3 is 0 Å². The van der Waals surface area contributed by atoms with Gasteiger partial charge in [0.1, 0.15) is 0 Å². The average Bonchev–Trinajstić information content (AvgIpc) is 2.16. The van der Waals surface area contributed by atoms with Crippen molar-refractivity contribution in [1.29, 1.82) is 0 Å². The molecule has 0 fully saturated rings. The lowest BCUT2D eigenvalue weighted by atomic mass is 9.87. The third kappa shape index (κ3) is 3.11. The SMILES string of the molecule is C#CC(C)(C)Cc1ccccc1S(C)(=O)=O. The zero-order valence-electron chi connectivity index (χ0n) is 9.82. The Labute approximate surface area is 97.6 Å². The lowest BCUT2D eigenvalue weighted by molar-refractivity contribution is 0.496. The van der Waals surface area contributed by atoms with Crippen LogP contribution in [-0.4, -0.2) is 14.7 Å². The second kappa shape index (κ2) is 4.31. The summed E-state index contributed by atoms with van der Waals surface area (Å²) in [7, 11) is -3.18. The van der Waals surface area contributed by atoms with Gasteiger partial charge < -0.3 is 0 Å². The lowest BCUT2D eigenvalue weighted by Crippen LogP contribution is -2.14. The minimum Gasteiger partial charge on any atom is -0.224 e. The maximum Gasteiger partial charge on any atom is 0.175 e. The maximum absolute atomic E-state index is 11.6. The molecular weight excluding hydrogens is 220 g/mol. The van der Waals surface area contributed by atoms with Crippen molar-refractivity contribution < 1.29 is 8.42 Å². The summed E-state index contributed by atoms with van der Waals surface area (Å²) < 4.78 is 23.2. The van der Waals surface area contributed by atoms with Gasteiger partial charge in [-0.2, -0.15) is 0 Å². The van der Waals surface area contributed by atoms with Crippen molar-refractivity contribution in [1.82, 2.24) is 0 Å². The van der Waals surface area contributed by atoms with E-state index in [4.69, 9.17) is 6.42 Å². The maximum atomic E-state index is 11.6. The Kier molecular flexibility index (Phi) is 3.44. The van der Waals surface area contributed by atoms with Crippen LogP contribution in [0.1, 0.15) is 19.4 Å². The van der Waals surface area contributed by atoms with Crippen LogP contribution in [0, 0.1) is 17.8 Å². The molecule has 0 aliphatic heterocycles. The number of rotatable bonds is 3. The van der Waals surface area contributed by atoms with E-state index in [-0.39, 0.29) is 5.41 Å². The molecule has 0 aliphatic carbocycles. The van der Waals surface area contributed by atoms with E-state index < -0.39 is 9.84 Å². The summed E-state index contributed by atoms with van der Waals surface area (Å²) in [6.45, 7) is 3.85. The Morgan fingerprint density at radius 2 is 1.88 bits per heavy atom. The molecule has 16 heavy (non-hydrogen) atoms. The van der Waals surface area contributed by atoms with E-state index in [1.165, 1.54) is 6.26 Å². The minimum atomic E-state index is -3.18. The highest BCUT2D eigenvalue weighted by atomic mass is 32.2. The predicted octanol–water partition coefficient (Wildman–Crippen LogP) is 2.29. The number of benzene rings is 1. The van der Waals surface area contributed by atoms with E-state index in [0.717, 1.165) is 5.56 Å². The van der Waals surface area contributed by atoms with Crippen LogP contribution in [0.3, 0.4) is 0 Å². The summed E-state index contributed by atoms with van der Waals surface area (Å²) in [5, 5.41) is 0. The molecule has 0 heterocycles. The highest BCUT2D eigenvalue weighted by molar-refractivity contribution is 7.90. The van der Waals surface area contributed by atoms with Crippen molar-refractivity contribution in [3.8, 4) is 12.3 Å². The summed E-state index contributed by atoms with van der Waals surface area (Å²) in [5.41, 5.74) is 0.453. The minimum absolute atomic E-state index is 0.333. The summed E-state index contributed by atoms with van der Waals surface area (Å²) >= 11 is 0. The van der Waals surface area contributed by atoms with Gasteiger partial charge in [-0.05, 0) is 31.9 Å². The molecule has 0 bridgehead atoms. The molecule has 0 N–H and O–H groups in total. The molecule has 0 aliphatic rings. The van der Waals surface area contributed by atoms with E-state index in [2.05, 4.69) is 5.92 Å². The zero-order chi connectivity index (χ0) is 12.4. The first-order valence-corrected chi connectivity index (χ1v) is 6.91. The van der Waals surface area contributed by atoms with Gasteiger partial charge in [0.05, 0.1) is 4.90 Å². The first kappa shape index (κ1) is 12.8. The van der Waals surface area contributed by atoms with Crippen LogP contribution in [0.25, 0.3) is 0 Å². The average molecular weight is 236 g/mol. The number of hydrogen-bond acceptors (Lipinski definition) is 2. The Bertz CT molecular complexity index is 519. The zero-order valence-corrected chi connectivity index (χ0v) is 10.6. The molecule has 1 aromatic carbocycles. The molecular formula is C13H16O2S. The molecule has 1 rings (SSSR count). The van der Waals surface area contributed by atoms with E-state index in [1.807, 2.05) is 26.0 Å². The first-order chi connectivity index (χ1) is 7.26. The molecule has 0 saturated carbocycles. The van der Waals surface area contributed by atoms with Crippen molar-refractivity contribution in [3.63, 3.8) is 0 Å². The largest absolute Gasteiger partial charge is 0.224 e. The fourth-order valence-electron chi connectivity index (χ4n) is 1.54. The van der Waals surface area contributed by atoms with Gasteiger partial charge in [-0.3, -0.25) is 0 Å². The molecule has 0 atom stereocenters. The standard InChI is InChI=1S/C13H16O2S/c1-5-13(2,3)10-11-8-6-7-9-12(11)16(4,14)15/h1,6-9H,10H2,2-4H3. The van der Waals surface area contributed by atoms with Gasteiger partial charge in [0.15, 0.2) is 9.84 Å². The molecule has 3 heteroatoms. The smallest absolute Gasteiger partial charge is 0.175 e. The highest BCUT2D eigenvalue weighted by Crippen LogP contribution is 2.25. The van der Waals surface area contributed by atoms with Gasteiger partial charge in [-0.15, -0.1) is 12.3 Å². The van der Waals surface area contributed by atoms with Crippen LogP contribution in [0.15, 0.2) is 29.2 Å². The fraction of sp³-hybridized carbons (Fsp3) is 0.385. The molecule has 0 saturated heterocycles. The van der Waals surface area contributed by atoms with Gasteiger partial charge in [0.2, 0.25) is 0 Å². The van der Waals surface area contributed by atoms with Crippen molar-refractivity contribution >= 4 is 9.84 Å². The van der Waals surface area contributed by atoms with E-state index in [9.17, 15) is 8.42 Å². The van der Waals surface area contributed by atoms with Gasteiger partial charge in [-0.1, -0.05) is 18.2 Å². The van der Waals surface area contributed by atoms with Gasteiger partial charge in [0.25, 0.3) is 0 Å². The number of sulfone groups is 1. The molecule has 86 valence electrons. The highest BCUT2D eigenvalue weighted by Gasteiger charge is 2.20. The monoisotopic (exact) mass is 236 g/mol. The summed E-state index contributed by atoms with van der Waals surface area (Å²) in [4.78, 5) is 0.373. The first-order valence-electron chi connectivity index (χ1n) is 5.02. The van der Waals surface area contributed by atoms with E-state index in [1.54, 1.807) is 12.1 Å². The number of hydrogen-bond donors (Lipinski definition) is 0. The van der Waals surface area contributed by atoms with Crippen LogP contribution in [0.2, 0.25) is 0 Å². The topological polar surface area (TPSA) is 34.1 Å². The Morgan fingerprint density at radius 1 is 1.31 bits per heavy atom. The summed E-state index contributed by atoms with van der Waals surface area (Å²) in [5.74, 6) is 2.67. The molecule has 0 radical (unpaired) electrons. The van der Waals surface area contributed by atoms with Crippen molar-refractivity contribution in [2.75, 3.05) is 6.26 Å². The van der Waals surface area contributed by atoms with Crippen molar-refractivity contribution in [2.45, 2.75) is 25.2 Å². The molecule has 0 unspecified atom stereocenters. The Morgan fingerprint density at radius 3 is 2.38 bits per heavy atom. The van der Waals surface area contributed by atoms with E-state index in [0.29, 0.717) is 11.3 Å². The summed E-state index contributed by atoms with van der Waals surface area (Å²) in [6.07, 6.45) is 7.19. The van der Waals surface area contributed by atoms with Crippen LogP contribution < -0.4 is 0 Å². The van der Waals surface area contributed by atoms with Crippen molar-refractivity contribution in [2.24, 2.45) is 5.41 Å². The Balaban J connectivity index is 3.22. The predicted molar refractivity (Wildman–Crippen MR) is 65.9 cm³/mol. The number of terminal acetylenes is 1. The fourth-order valence-corrected chi connectivity index (χ4v) is 2.48. The third-order valence-electron chi connectivity index (χ3n) is 2.40. The second-order valence-electron chi connectivity index (χ2n) is 4.58. The molecule has 1 aromatic rings. The Hall–Kier alpha value is -1.27. The normalized spacial score (nSPS) is 12.1. The van der Waals surface area contributed by atoms with Gasteiger partial charge in [-0.25, -0.2) is 8.42 Å². The van der Waals surface area contributed by atoms with Crippen LogP contribution >= 0.6 is 0 Å². The molecule has 0 spiro atoms. The second-order valence-corrected chi connectivity index (χ2v) is 6.57. The van der Waals surface area contributed by atoms with Crippen molar-refractivity contribution in [3.05, 3.63) is 29.8 Å².